The third-order valence-electron chi connectivity index (χ3n) is 4.95. The van der Waals surface area contributed by atoms with Crippen LogP contribution < -0.4 is 10.0 Å². The molecule has 2 aromatic carbocycles. The average molecular weight is 467 g/mol. The van der Waals surface area contributed by atoms with Gasteiger partial charge in [0.1, 0.15) is 0 Å². The summed E-state index contributed by atoms with van der Waals surface area (Å²) in [7, 11) is -0.0200. The zero-order valence-corrected chi connectivity index (χ0v) is 19.3. The van der Waals surface area contributed by atoms with Crippen LogP contribution in [0, 0.1) is 0 Å². The highest BCUT2D eigenvalue weighted by atomic mass is 35.5. The van der Waals surface area contributed by atoms with Gasteiger partial charge in [-0.15, -0.1) is 0 Å². The minimum atomic E-state index is -0.0200. The molecule has 1 aromatic heterocycles. The number of anilines is 1. The molecule has 1 fully saturated rings. The predicted octanol–water partition coefficient (Wildman–Crippen LogP) is 6.53. The second kappa shape index (κ2) is 9.75. The van der Waals surface area contributed by atoms with Crippen LogP contribution in [0.15, 0.2) is 56.7 Å². The molecule has 1 saturated heterocycles. The standard InChI is InChI=1S/C21H24Cl2N4S2/c1-2-26-29(16-9-11-24-12-10-16)15-5-3-14(4-6-15)28-27-19-8-7-17(22)20-18(23)13-25-21(19)20/h3-8,13,16,24-25,27H,2,9-12H2,1H3. The van der Waals surface area contributed by atoms with Gasteiger partial charge in [0, 0.05) is 33.2 Å². The highest BCUT2D eigenvalue weighted by molar-refractivity contribution is 8.00. The largest absolute Gasteiger partial charge is 0.358 e. The molecule has 29 heavy (non-hydrogen) atoms. The van der Waals surface area contributed by atoms with E-state index in [9.17, 15) is 0 Å². The Kier molecular flexibility index (Phi) is 7.08. The van der Waals surface area contributed by atoms with Crippen LogP contribution in [0.3, 0.4) is 0 Å². The summed E-state index contributed by atoms with van der Waals surface area (Å²) in [6, 6.07) is 12.6. The van der Waals surface area contributed by atoms with Gasteiger partial charge in [0.15, 0.2) is 0 Å². The Balaban J connectivity index is 1.48. The maximum absolute atomic E-state index is 6.28. The van der Waals surface area contributed by atoms with Crippen molar-refractivity contribution in [3.63, 3.8) is 0 Å². The van der Waals surface area contributed by atoms with Gasteiger partial charge in [0.05, 0.1) is 21.2 Å². The van der Waals surface area contributed by atoms with Gasteiger partial charge in [-0.3, -0.25) is 4.36 Å². The van der Waals surface area contributed by atoms with Crippen molar-refractivity contribution >= 4 is 62.4 Å². The van der Waals surface area contributed by atoms with Crippen LogP contribution >= 0.6 is 35.1 Å². The van der Waals surface area contributed by atoms with E-state index in [1.807, 2.05) is 12.1 Å². The molecule has 0 aliphatic carbocycles. The molecule has 4 nitrogen and oxygen atoms in total. The molecule has 1 atom stereocenters. The van der Waals surface area contributed by atoms with Crippen LogP contribution in [0.2, 0.25) is 10.0 Å². The van der Waals surface area contributed by atoms with Gasteiger partial charge in [-0.05, 0) is 81.2 Å². The van der Waals surface area contributed by atoms with Crippen molar-refractivity contribution in [3.8, 4) is 0 Å². The van der Waals surface area contributed by atoms with Crippen molar-refractivity contribution < 1.29 is 0 Å². The maximum Gasteiger partial charge on any atom is 0.0728 e. The SMILES string of the molecule is CCN=S(c1ccc(SNc2ccc(Cl)c3c(Cl)c[nH]c23)cc1)C1CCNCC1. The molecule has 1 aliphatic heterocycles. The number of rotatable bonds is 6. The Hall–Kier alpha value is -1.18. The van der Waals surface area contributed by atoms with E-state index < -0.39 is 0 Å². The lowest BCUT2D eigenvalue weighted by atomic mass is 10.2. The van der Waals surface area contributed by atoms with Crippen molar-refractivity contribution in [2.24, 2.45) is 4.36 Å². The first-order chi connectivity index (χ1) is 14.2. The molecule has 1 unspecified atom stereocenters. The van der Waals surface area contributed by atoms with Crippen LogP contribution in [0.5, 0.6) is 0 Å². The second-order valence-corrected chi connectivity index (χ2v) is 10.6. The molecule has 3 N–H and O–H groups in total. The molecule has 0 radical (unpaired) electrons. The molecule has 8 heteroatoms. The molecular formula is C21H24Cl2N4S2. The number of halogens is 2. The zero-order chi connectivity index (χ0) is 20.2. The number of piperidine rings is 1. The highest BCUT2D eigenvalue weighted by Crippen LogP contribution is 2.36. The summed E-state index contributed by atoms with van der Waals surface area (Å²) < 4.78 is 8.35. The molecule has 3 aromatic rings. The lowest BCUT2D eigenvalue weighted by molar-refractivity contribution is 0.529. The summed E-state index contributed by atoms with van der Waals surface area (Å²) in [5.74, 6) is 0. The molecule has 0 amide bonds. The molecule has 0 spiro atoms. The van der Waals surface area contributed by atoms with E-state index >= 15 is 0 Å². The Morgan fingerprint density at radius 1 is 1.10 bits per heavy atom. The van der Waals surface area contributed by atoms with E-state index in [0.717, 1.165) is 41.1 Å². The number of H-pyrrole nitrogens is 1. The van der Waals surface area contributed by atoms with E-state index in [2.05, 4.69) is 46.2 Å². The topological polar surface area (TPSA) is 52.2 Å². The van der Waals surface area contributed by atoms with Gasteiger partial charge < -0.3 is 15.0 Å². The third kappa shape index (κ3) is 4.78. The molecule has 2 heterocycles. The number of benzene rings is 2. The van der Waals surface area contributed by atoms with E-state index in [1.54, 1.807) is 18.1 Å². The van der Waals surface area contributed by atoms with Gasteiger partial charge in [-0.2, -0.15) is 0 Å². The van der Waals surface area contributed by atoms with Crippen LogP contribution in [0.4, 0.5) is 5.69 Å². The van der Waals surface area contributed by atoms with E-state index in [-0.39, 0.29) is 10.7 Å². The van der Waals surface area contributed by atoms with Crippen LogP contribution in [0.25, 0.3) is 10.9 Å². The van der Waals surface area contributed by atoms with E-state index in [0.29, 0.717) is 15.3 Å². The van der Waals surface area contributed by atoms with Gasteiger partial charge in [-0.25, -0.2) is 0 Å². The van der Waals surface area contributed by atoms with Gasteiger partial charge in [-0.1, -0.05) is 33.9 Å². The Bertz CT molecular complexity index is 1010. The monoisotopic (exact) mass is 466 g/mol. The first-order valence-electron chi connectivity index (χ1n) is 9.76. The van der Waals surface area contributed by atoms with Crippen molar-refractivity contribution in [2.45, 2.75) is 34.8 Å². The number of hydrogen-bond donors (Lipinski definition) is 3. The van der Waals surface area contributed by atoms with Gasteiger partial charge in [0.2, 0.25) is 0 Å². The van der Waals surface area contributed by atoms with Crippen molar-refractivity contribution in [1.29, 1.82) is 0 Å². The van der Waals surface area contributed by atoms with Crippen LogP contribution in [0.1, 0.15) is 19.8 Å². The number of nitrogens with zero attached hydrogens (tertiary/aromatic N) is 1. The van der Waals surface area contributed by atoms with Crippen molar-refractivity contribution in [2.75, 3.05) is 24.4 Å². The third-order valence-corrected chi connectivity index (χ3v) is 8.79. The first kappa shape index (κ1) is 21.1. The van der Waals surface area contributed by atoms with E-state index in [1.165, 1.54) is 17.7 Å². The summed E-state index contributed by atoms with van der Waals surface area (Å²) in [5, 5.41) is 6.24. The fourth-order valence-electron chi connectivity index (χ4n) is 3.54. The number of aromatic amines is 1. The maximum atomic E-state index is 6.28. The van der Waals surface area contributed by atoms with E-state index in [4.69, 9.17) is 27.6 Å². The Morgan fingerprint density at radius 2 is 1.86 bits per heavy atom. The highest BCUT2D eigenvalue weighted by Gasteiger charge is 2.19. The summed E-state index contributed by atoms with van der Waals surface area (Å²) in [6.07, 6.45) is 4.17. The molecular weight excluding hydrogens is 443 g/mol. The van der Waals surface area contributed by atoms with Gasteiger partial charge in [0.25, 0.3) is 0 Å². The number of nitrogens with one attached hydrogen (secondary N) is 3. The number of aromatic nitrogens is 1. The Morgan fingerprint density at radius 3 is 2.59 bits per heavy atom. The summed E-state index contributed by atoms with van der Waals surface area (Å²) >= 11 is 14.1. The van der Waals surface area contributed by atoms with Crippen molar-refractivity contribution in [1.82, 2.24) is 10.3 Å². The molecule has 0 bridgehead atoms. The lowest BCUT2D eigenvalue weighted by Crippen LogP contribution is -2.33. The van der Waals surface area contributed by atoms with Crippen LogP contribution in [-0.4, -0.2) is 29.9 Å². The fourth-order valence-corrected chi connectivity index (χ4v) is 6.89. The molecule has 154 valence electrons. The smallest absolute Gasteiger partial charge is 0.0728 e. The second-order valence-electron chi connectivity index (χ2n) is 6.87. The summed E-state index contributed by atoms with van der Waals surface area (Å²) in [6.45, 7) is 5.21. The minimum Gasteiger partial charge on any atom is -0.358 e. The molecule has 4 rings (SSSR count). The normalized spacial score (nSPS) is 16.4. The van der Waals surface area contributed by atoms with Gasteiger partial charge >= 0.3 is 0 Å². The first-order valence-corrected chi connectivity index (χ1v) is 12.6. The predicted molar refractivity (Wildman–Crippen MR) is 129 cm³/mol. The zero-order valence-electron chi connectivity index (χ0n) is 16.2. The molecule has 0 saturated carbocycles. The molecule has 1 aliphatic rings. The lowest BCUT2D eigenvalue weighted by Gasteiger charge is -2.25. The fraction of sp³-hybridized carbons (Fsp3) is 0.333. The Labute approximate surface area is 188 Å². The quantitative estimate of drug-likeness (QED) is 0.362. The number of hydrogen-bond acceptors (Lipinski definition) is 4. The summed E-state index contributed by atoms with van der Waals surface area (Å²) in [5.41, 5.74) is 1.88. The summed E-state index contributed by atoms with van der Waals surface area (Å²) in [4.78, 5) is 5.69. The van der Waals surface area contributed by atoms with Crippen LogP contribution in [-0.2, 0) is 10.7 Å². The van der Waals surface area contributed by atoms with Crippen molar-refractivity contribution in [3.05, 3.63) is 52.6 Å². The number of fused-ring (bicyclic) bond motifs is 1. The average Bonchev–Trinajstić information content (AvgIpc) is 3.15. The minimum absolute atomic E-state index is 0.0200.